The number of nitrogens with zero attached hydrogens (tertiary/aromatic N) is 1. The van der Waals surface area contributed by atoms with Gasteiger partial charge in [0.2, 0.25) is 0 Å². The normalized spacial score (nSPS) is 19.2. The third kappa shape index (κ3) is 1.68. The molecule has 0 bridgehead atoms. The van der Waals surface area contributed by atoms with Crippen LogP contribution in [0.15, 0.2) is 11.3 Å². The van der Waals surface area contributed by atoms with Gasteiger partial charge >= 0.3 is 0 Å². The largest absolute Gasteiger partial charge is 0.387 e. The van der Waals surface area contributed by atoms with Crippen LogP contribution < -0.4 is 5.32 Å². The first-order chi connectivity index (χ1) is 4.84. The highest BCUT2D eigenvalue weighted by Crippen LogP contribution is 2.12. The number of rotatable bonds is 0. The quantitative estimate of drug-likeness (QED) is 0.568. The highest BCUT2D eigenvalue weighted by Gasteiger charge is 2.05. The van der Waals surface area contributed by atoms with E-state index >= 15 is 0 Å². The molecule has 1 rings (SSSR count). The summed E-state index contributed by atoms with van der Waals surface area (Å²) in [6, 6.07) is 2.19. The molecule has 0 atom stereocenters. The minimum Gasteiger partial charge on any atom is -0.387 e. The van der Waals surface area contributed by atoms with Crippen LogP contribution in [0.4, 0.5) is 0 Å². The fourth-order valence-electron chi connectivity index (χ4n) is 0.816. The summed E-state index contributed by atoms with van der Waals surface area (Å²) in [7, 11) is 0. The lowest BCUT2D eigenvalue weighted by Crippen LogP contribution is -2.13. The van der Waals surface area contributed by atoms with E-state index in [2.05, 4.69) is 11.4 Å². The van der Waals surface area contributed by atoms with Gasteiger partial charge in [-0.25, -0.2) is 0 Å². The summed E-state index contributed by atoms with van der Waals surface area (Å²) in [6.45, 7) is 2.95. The van der Waals surface area contributed by atoms with Crippen molar-refractivity contribution in [2.24, 2.45) is 0 Å². The van der Waals surface area contributed by atoms with Crippen molar-refractivity contribution in [2.75, 3.05) is 18.1 Å². The third-order valence-corrected chi connectivity index (χ3v) is 2.46. The summed E-state index contributed by atoms with van der Waals surface area (Å²) in [6.07, 6.45) is 0. The molecule has 0 aromatic heterocycles. The number of allylic oxidation sites excluding steroid dienone is 1. The van der Waals surface area contributed by atoms with E-state index in [1.54, 1.807) is 0 Å². The van der Waals surface area contributed by atoms with Crippen LogP contribution in [0.1, 0.15) is 6.92 Å². The van der Waals surface area contributed by atoms with Gasteiger partial charge in [-0.1, -0.05) is 0 Å². The van der Waals surface area contributed by atoms with Gasteiger partial charge in [-0.2, -0.15) is 17.0 Å². The molecule has 0 aromatic rings. The lowest BCUT2D eigenvalue weighted by Gasteiger charge is -2.00. The fraction of sp³-hybridized carbons (Fsp3) is 0.571. The molecule has 1 N–H and O–H groups in total. The molecule has 0 radical (unpaired) electrons. The topological polar surface area (TPSA) is 35.8 Å². The molecule has 0 aromatic carbocycles. The average Bonchev–Trinajstić information content (AvgIpc) is 2.13. The Hall–Kier alpha value is -0.620. The van der Waals surface area contributed by atoms with Crippen LogP contribution in [0.3, 0.4) is 0 Å². The highest BCUT2D eigenvalue weighted by atomic mass is 32.2. The summed E-state index contributed by atoms with van der Waals surface area (Å²) < 4.78 is 0. The summed E-state index contributed by atoms with van der Waals surface area (Å²) >= 11 is 1.81. The minimum absolute atomic E-state index is 0.870. The number of thioether (sulfide) groups is 1. The first kappa shape index (κ1) is 7.49. The molecule has 1 heterocycles. The first-order valence-corrected chi connectivity index (χ1v) is 4.41. The Kier molecular flexibility index (Phi) is 2.64. The monoisotopic (exact) mass is 154 g/mol. The molecule has 0 unspecified atom stereocenters. The Morgan fingerprint density at radius 3 is 3.20 bits per heavy atom. The number of hydrogen-bond donors (Lipinski definition) is 1. The molecular weight excluding hydrogens is 144 g/mol. The third-order valence-electron chi connectivity index (χ3n) is 1.47. The molecule has 0 amide bonds. The van der Waals surface area contributed by atoms with E-state index in [0.29, 0.717) is 0 Å². The van der Waals surface area contributed by atoms with E-state index in [9.17, 15) is 0 Å². The van der Waals surface area contributed by atoms with Gasteiger partial charge in [0.25, 0.3) is 0 Å². The zero-order valence-electron chi connectivity index (χ0n) is 5.98. The Morgan fingerprint density at radius 2 is 2.50 bits per heavy atom. The maximum Gasteiger partial charge on any atom is 0.0974 e. The van der Waals surface area contributed by atoms with Crippen LogP contribution in [0.25, 0.3) is 0 Å². The standard InChI is InChI=1S/C7H10N2S/c1-6-7(4-8)5-10-3-2-9-6/h9H,2-3,5H2,1H3. The van der Waals surface area contributed by atoms with E-state index in [0.717, 1.165) is 29.3 Å². The minimum atomic E-state index is 0.870. The molecule has 1 aliphatic heterocycles. The predicted octanol–water partition coefficient (Wildman–Crippen LogP) is 1.12. The second-order valence-corrected chi connectivity index (χ2v) is 3.30. The van der Waals surface area contributed by atoms with Crippen molar-refractivity contribution in [3.63, 3.8) is 0 Å². The van der Waals surface area contributed by atoms with Gasteiger partial charge in [0.1, 0.15) is 0 Å². The molecule has 2 nitrogen and oxygen atoms in total. The molecule has 0 aliphatic carbocycles. The Labute approximate surface area is 65.3 Å². The van der Waals surface area contributed by atoms with Crippen LogP contribution >= 0.6 is 11.8 Å². The lowest BCUT2D eigenvalue weighted by atomic mass is 10.3. The Morgan fingerprint density at radius 1 is 1.70 bits per heavy atom. The van der Waals surface area contributed by atoms with Gasteiger partial charge in [-0.3, -0.25) is 0 Å². The average molecular weight is 154 g/mol. The molecule has 0 fully saturated rings. The SMILES string of the molecule is CC1=C(C#N)CSCCN1. The molecule has 0 saturated heterocycles. The van der Waals surface area contributed by atoms with Gasteiger partial charge in [0.15, 0.2) is 0 Å². The predicted molar refractivity (Wildman–Crippen MR) is 43.6 cm³/mol. The van der Waals surface area contributed by atoms with Crippen LogP contribution in [-0.4, -0.2) is 18.1 Å². The van der Waals surface area contributed by atoms with Crippen LogP contribution in [0.5, 0.6) is 0 Å². The maximum atomic E-state index is 8.63. The van der Waals surface area contributed by atoms with E-state index in [4.69, 9.17) is 5.26 Å². The molecule has 0 saturated carbocycles. The molecule has 10 heavy (non-hydrogen) atoms. The second-order valence-electron chi connectivity index (χ2n) is 2.19. The summed E-state index contributed by atoms with van der Waals surface area (Å²) in [5, 5.41) is 11.8. The highest BCUT2D eigenvalue weighted by molar-refractivity contribution is 7.99. The Bertz CT molecular complexity index is 190. The van der Waals surface area contributed by atoms with Crippen molar-refractivity contribution in [2.45, 2.75) is 6.92 Å². The molecule has 3 heteroatoms. The summed E-state index contributed by atoms with van der Waals surface area (Å²) in [4.78, 5) is 0. The van der Waals surface area contributed by atoms with Gasteiger partial charge in [0.05, 0.1) is 11.6 Å². The smallest absolute Gasteiger partial charge is 0.0974 e. The van der Waals surface area contributed by atoms with Gasteiger partial charge < -0.3 is 5.32 Å². The molecule has 0 spiro atoms. The summed E-state index contributed by atoms with van der Waals surface area (Å²) in [5.74, 6) is 1.97. The van der Waals surface area contributed by atoms with Crippen LogP contribution in [0.2, 0.25) is 0 Å². The van der Waals surface area contributed by atoms with Crippen molar-refractivity contribution < 1.29 is 0 Å². The van der Waals surface area contributed by atoms with Crippen molar-refractivity contribution in [3.05, 3.63) is 11.3 Å². The number of hydrogen-bond acceptors (Lipinski definition) is 3. The second kappa shape index (κ2) is 3.52. The zero-order chi connectivity index (χ0) is 7.40. The summed E-state index contributed by atoms with van der Waals surface area (Å²) in [5.41, 5.74) is 1.94. The Balaban J connectivity index is 2.70. The van der Waals surface area contributed by atoms with Crippen molar-refractivity contribution in [1.29, 1.82) is 5.26 Å². The lowest BCUT2D eigenvalue weighted by molar-refractivity contribution is 0.860. The van der Waals surface area contributed by atoms with E-state index in [1.165, 1.54) is 0 Å². The number of nitriles is 1. The van der Waals surface area contributed by atoms with Crippen molar-refractivity contribution >= 4 is 11.8 Å². The molecule has 54 valence electrons. The van der Waals surface area contributed by atoms with Crippen LogP contribution in [-0.2, 0) is 0 Å². The van der Waals surface area contributed by atoms with Crippen molar-refractivity contribution in [3.8, 4) is 6.07 Å². The van der Waals surface area contributed by atoms with E-state index < -0.39 is 0 Å². The first-order valence-electron chi connectivity index (χ1n) is 3.26. The zero-order valence-corrected chi connectivity index (χ0v) is 6.79. The van der Waals surface area contributed by atoms with Gasteiger partial charge in [0, 0.05) is 23.7 Å². The fourth-order valence-corrected chi connectivity index (χ4v) is 1.69. The van der Waals surface area contributed by atoms with E-state index in [1.807, 2.05) is 18.7 Å². The van der Waals surface area contributed by atoms with Crippen molar-refractivity contribution in [1.82, 2.24) is 5.32 Å². The van der Waals surface area contributed by atoms with Gasteiger partial charge in [-0.15, -0.1) is 0 Å². The van der Waals surface area contributed by atoms with Crippen LogP contribution in [0, 0.1) is 11.3 Å². The molecule has 1 aliphatic rings. The maximum absolute atomic E-state index is 8.63. The van der Waals surface area contributed by atoms with Gasteiger partial charge in [-0.05, 0) is 6.92 Å². The number of nitrogens with one attached hydrogen (secondary N) is 1. The van der Waals surface area contributed by atoms with E-state index in [-0.39, 0.29) is 0 Å². The molecular formula is C7H10N2S.